The molecule has 3 N–H and O–H groups in total. The van der Waals surface area contributed by atoms with E-state index in [1.54, 1.807) is 11.1 Å². The van der Waals surface area contributed by atoms with Crippen molar-refractivity contribution < 1.29 is 27.8 Å². The third-order valence-electron chi connectivity index (χ3n) is 8.93. The van der Waals surface area contributed by atoms with Crippen molar-refractivity contribution in [2.45, 2.75) is 88.2 Å². The third kappa shape index (κ3) is 8.19. The van der Waals surface area contributed by atoms with Gasteiger partial charge in [0.25, 0.3) is 0 Å². The predicted octanol–water partition coefficient (Wildman–Crippen LogP) is 5.05. The summed E-state index contributed by atoms with van der Waals surface area (Å²) in [5, 5.41) is 35.2. The first-order chi connectivity index (χ1) is 22.3. The van der Waals surface area contributed by atoms with Crippen LogP contribution < -0.4 is 5.32 Å². The number of tetrazole rings is 1. The van der Waals surface area contributed by atoms with E-state index in [4.69, 9.17) is 9.47 Å². The lowest BCUT2D eigenvalue weighted by atomic mass is 9.87. The molecule has 10 nitrogen and oxygen atoms in total. The van der Waals surface area contributed by atoms with Gasteiger partial charge < -0.3 is 14.6 Å². The highest BCUT2D eigenvalue weighted by atomic mass is 19.4. The number of ether oxygens (including phenoxy) is 2. The molecule has 0 saturated heterocycles. The van der Waals surface area contributed by atoms with Gasteiger partial charge in [0.2, 0.25) is 5.82 Å². The van der Waals surface area contributed by atoms with Crippen LogP contribution in [0.2, 0.25) is 0 Å². The molecule has 1 fully saturated rings. The van der Waals surface area contributed by atoms with Crippen molar-refractivity contribution in [3.63, 3.8) is 0 Å². The van der Waals surface area contributed by atoms with Gasteiger partial charge in [0.05, 0.1) is 31.4 Å². The van der Waals surface area contributed by atoms with Gasteiger partial charge in [-0.3, -0.25) is 10.3 Å². The number of nitrogens with one attached hydrogen (secondary N) is 2. The van der Waals surface area contributed by atoms with Crippen LogP contribution in [0.5, 0.6) is 0 Å². The number of aliphatic hydroxyl groups is 1. The average Bonchev–Trinajstić information content (AvgIpc) is 3.74. The molecule has 2 aromatic rings. The number of hydrogen-bond donors (Lipinski definition) is 3. The predicted molar refractivity (Wildman–Crippen MR) is 165 cm³/mol. The molecule has 4 unspecified atom stereocenters. The van der Waals surface area contributed by atoms with Crippen molar-refractivity contribution in [2.75, 3.05) is 13.2 Å². The Bertz CT molecular complexity index is 1460. The molecule has 4 aliphatic rings. The zero-order chi connectivity index (χ0) is 31.9. The van der Waals surface area contributed by atoms with Crippen LogP contribution in [0.1, 0.15) is 67.8 Å². The minimum Gasteiger partial charge on any atom is -0.377 e. The van der Waals surface area contributed by atoms with Crippen LogP contribution in [0, 0.1) is 5.92 Å². The number of halogens is 3. The molecule has 0 bridgehead atoms. The number of nitrogens with zero attached hydrogens (tertiary/aromatic N) is 5. The zero-order valence-corrected chi connectivity index (χ0v) is 25.5. The van der Waals surface area contributed by atoms with Crippen molar-refractivity contribution in [2.24, 2.45) is 11.0 Å². The standard InChI is InChI=1S/C33H40F3N7O3/c34-33(35,36)25-16-14-23(15-17-25)26-11-5-4-10-24(26)21-46-31-18-28(32-38-41-42-39-32)40-43(31)19-30(44)37-27-12-6-7-13-29(27)45-20-22-8-2-1-3-9-22/h1-5,8,10-11,14,16-17,22-23,27,29-31,37,44H,6-7,9,12-13,15,18-21H2,(H,38,39,41,42)/t22?,23?,27-,29-,30?,31?/m0/s1. The van der Waals surface area contributed by atoms with Crippen LogP contribution in [-0.2, 0) is 16.1 Å². The number of alkyl halides is 3. The largest absolute Gasteiger partial charge is 0.416 e. The quantitative estimate of drug-likeness (QED) is 0.276. The minimum atomic E-state index is -4.36. The van der Waals surface area contributed by atoms with Gasteiger partial charge in [-0.05, 0) is 42.0 Å². The second kappa shape index (κ2) is 14.8. The molecular weight excluding hydrogens is 599 g/mol. The second-order valence-corrected chi connectivity index (χ2v) is 12.2. The van der Waals surface area contributed by atoms with E-state index >= 15 is 0 Å². The number of hydrogen-bond acceptors (Lipinski definition) is 9. The van der Waals surface area contributed by atoms with Crippen LogP contribution in [-0.4, -0.2) is 80.4 Å². The number of H-pyrrole nitrogens is 1. The van der Waals surface area contributed by atoms with Crippen molar-refractivity contribution in [1.29, 1.82) is 0 Å². The van der Waals surface area contributed by atoms with E-state index in [0.29, 0.717) is 30.5 Å². The molecule has 1 aromatic carbocycles. The van der Waals surface area contributed by atoms with Crippen molar-refractivity contribution in [3.8, 4) is 0 Å². The molecule has 246 valence electrons. The van der Waals surface area contributed by atoms with Crippen molar-refractivity contribution in [3.05, 3.63) is 89.3 Å². The Balaban J connectivity index is 1.09. The Hall–Kier alpha value is -3.65. The van der Waals surface area contributed by atoms with Gasteiger partial charge >= 0.3 is 6.18 Å². The maximum absolute atomic E-state index is 13.2. The van der Waals surface area contributed by atoms with Crippen LogP contribution in [0.3, 0.4) is 0 Å². The smallest absolute Gasteiger partial charge is 0.377 e. The number of aromatic nitrogens is 4. The van der Waals surface area contributed by atoms with E-state index in [0.717, 1.165) is 49.3 Å². The normalized spacial score (nSPS) is 27.1. The maximum atomic E-state index is 13.2. The van der Waals surface area contributed by atoms with E-state index in [1.165, 1.54) is 6.08 Å². The van der Waals surface area contributed by atoms with E-state index in [-0.39, 0.29) is 37.6 Å². The summed E-state index contributed by atoms with van der Waals surface area (Å²) in [7, 11) is 0. The highest BCUT2D eigenvalue weighted by Crippen LogP contribution is 2.36. The number of β-amino-alcohol motifs (C(OH)–C–C–N with tert-alkyl or cyclic N) is 1. The molecule has 6 atom stereocenters. The lowest BCUT2D eigenvalue weighted by molar-refractivity contribution is -0.0886. The summed E-state index contributed by atoms with van der Waals surface area (Å²) in [4.78, 5) is 0. The first-order valence-corrected chi connectivity index (χ1v) is 16.0. The average molecular weight is 640 g/mol. The summed E-state index contributed by atoms with van der Waals surface area (Å²) >= 11 is 0. The lowest BCUT2D eigenvalue weighted by Gasteiger charge is -2.35. The molecule has 3 aliphatic carbocycles. The Morgan fingerprint density at radius 1 is 1.09 bits per heavy atom. The molecule has 0 spiro atoms. The van der Waals surface area contributed by atoms with Crippen LogP contribution in [0.15, 0.2) is 77.5 Å². The summed E-state index contributed by atoms with van der Waals surface area (Å²) < 4.78 is 52.2. The fraction of sp³-hybridized carbons (Fsp3) is 0.515. The number of benzene rings is 1. The summed E-state index contributed by atoms with van der Waals surface area (Å²) in [6.07, 6.45) is 12.3. The fourth-order valence-electron chi connectivity index (χ4n) is 6.50. The van der Waals surface area contributed by atoms with Crippen molar-refractivity contribution in [1.82, 2.24) is 30.9 Å². The molecule has 1 saturated carbocycles. The van der Waals surface area contributed by atoms with Gasteiger partial charge in [-0.15, -0.1) is 10.2 Å². The molecule has 46 heavy (non-hydrogen) atoms. The topological polar surface area (TPSA) is 121 Å². The first kappa shape index (κ1) is 32.3. The molecule has 13 heteroatoms. The number of aromatic amines is 1. The molecule has 1 aliphatic heterocycles. The highest BCUT2D eigenvalue weighted by molar-refractivity contribution is 5.98. The fourth-order valence-corrected chi connectivity index (χ4v) is 6.50. The Morgan fingerprint density at radius 3 is 2.72 bits per heavy atom. The van der Waals surface area contributed by atoms with Crippen LogP contribution >= 0.6 is 0 Å². The molecule has 2 heterocycles. The first-order valence-electron chi connectivity index (χ1n) is 16.0. The molecular formula is C33H40F3N7O3. The summed E-state index contributed by atoms with van der Waals surface area (Å²) in [5.41, 5.74) is 1.73. The number of aliphatic hydroxyl groups excluding tert-OH is 1. The maximum Gasteiger partial charge on any atom is 0.416 e. The zero-order valence-electron chi connectivity index (χ0n) is 25.5. The van der Waals surface area contributed by atoms with E-state index in [1.807, 2.05) is 24.3 Å². The summed E-state index contributed by atoms with van der Waals surface area (Å²) in [6, 6.07) is 7.62. The van der Waals surface area contributed by atoms with Gasteiger partial charge in [-0.25, -0.2) is 0 Å². The Labute approximate surface area is 266 Å². The minimum absolute atomic E-state index is 0.0110. The summed E-state index contributed by atoms with van der Waals surface area (Å²) in [6.45, 7) is 1.01. The van der Waals surface area contributed by atoms with Crippen molar-refractivity contribution >= 4 is 5.71 Å². The van der Waals surface area contributed by atoms with Gasteiger partial charge in [-0.2, -0.15) is 23.5 Å². The molecule has 6 rings (SSSR count). The monoisotopic (exact) mass is 639 g/mol. The van der Waals surface area contributed by atoms with E-state index in [9.17, 15) is 18.3 Å². The van der Waals surface area contributed by atoms with E-state index in [2.05, 4.69) is 55.3 Å². The third-order valence-corrected chi connectivity index (χ3v) is 8.93. The lowest BCUT2D eigenvalue weighted by Crippen LogP contribution is -2.52. The molecule has 0 radical (unpaired) electrons. The Kier molecular flexibility index (Phi) is 10.4. The van der Waals surface area contributed by atoms with E-state index < -0.39 is 24.2 Å². The summed E-state index contributed by atoms with van der Waals surface area (Å²) in [5.74, 6) is 0.524. The van der Waals surface area contributed by atoms with Gasteiger partial charge in [0.15, 0.2) is 6.23 Å². The Morgan fingerprint density at radius 2 is 1.96 bits per heavy atom. The van der Waals surface area contributed by atoms with Gasteiger partial charge in [-0.1, -0.05) is 79.6 Å². The van der Waals surface area contributed by atoms with Crippen LogP contribution in [0.25, 0.3) is 0 Å². The number of allylic oxidation sites excluding steroid dienone is 7. The number of hydrazone groups is 1. The highest BCUT2D eigenvalue weighted by Gasteiger charge is 2.35. The van der Waals surface area contributed by atoms with Crippen LogP contribution in [0.4, 0.5) is 13.2 Å². The SMILES string of the molecule is OC(CN1N=C(c2nn[nH]n2)CC1OCc1ccccc1C1C=CC(C(F)(F)F)=CC1)N[C@H]1CCCC[C@@H]1OCC1C=CC=CC1. The molecule has 1 aromatic heterocycles. The number of rotatable bonds is 12. The van der Waals surface area contributed by atoms with Gasteiger partial charge in [0.1, 0.15) is 11.9 Å². The van der Waals surface area contributed by atoms with Gasteiger partial charge in [0, 0.05) is 24.3 Å². The second-order valence-electron chi connectivity index (χ2n) is 12.2. The molecule has 0 amide bonds.